The lowest BCUT2D eigenvalue weighted by Gasteiger charge is -2.22. The van der Waals surface area contributed by atoms with Crippen LogP contribution in [0.1, 0.15) is 51.9 Å². The summed E-state index contributed by atoms with van der Waals surface area (Å²) < 4.78 is 19.1. The molecule has 0 radical (unpaired) electrons. The average molecular weight is 462 g/mol. The van der Waals surface area contributed by atoms with Crippen molar-refractivity contribution in [2.45, 2.75) is 57.9 Å². The van der Waals surface area contributed by atoms with E-state index in [4.69, 9.17) is 10.5 Å². The Morgan fingerprint density at radius 2 is 2.00 bits per heavy atom. The number of nitrogens with two attached hydrogens (primary N) is 1. The molecule has 2 aliphatic rings. The summed E-state index contributed by atoms with van der Waals surface area (Å²) in [6.07, 6.45) is 8.79. The van der Waals surface area contributed by atoms with Gasteiger partial charge in [0, 0.05) is 30.9 Å². The van der Waals surface area contributed by atoms with Gasteiger partial charge in [-0.25, -0.2) is 9.38 Å². The molecule has 0 bridgehead atoms. The van der Waals surface area contributed by atoms with Gasteiger partial charge in [0.2, 0.25) is 5.96 Å². The molecule has 1 aromatic rings. The van der Waals surface area contributed by atoms with Crippen molar-refractivity contribution >= 4 is 17.6 Å². The Kier molecular flexibility index (Phi) is 10.2. The second-order valence-corrected chi connectivity index (χ2v) is 8.87. The quantitative estimate of drug-likeness (QED) is 0.256. The highest BCUT2D eigenvalue weighted by atomic mass is 19.1. The molecule has 1 heterocycles. The molecule has 5 N–H and O–H groups in total. The lowest BCUT2D eigenvalue weighted by molar-refractivity contribution is 0.261. The van der Waals surface area contributed by atoms with Gasteiger partial charge in [-0.2, -0.15) is 4.99 Å². The summed E-state index contributed by atoms with van der Waals surface area (Å²) in [4.78, 5) is 11.5. The molecule has 1 saturated carbocycles. The summed E-state index contributed by atoms with van der Waals surface area (Å²) in [7, 11) is 1.44. The van der Waals surface area contributed by atoms with Crippen LogP contribution in [-0.4, -0.2) is 62.8 Å². The maximum absolute atomic E-state index is 14.1. The van der Waals surface area contributed by atoms with Gasteiger partial charge in [-0.1, -0.05) is 26.2 Å². The van der Waals surface area contributed by atoms with Crippen LogP contribution in [0.4, 0.5) is 10.1 Å². The molecular formula is C24H40FN7O. The minimum absolute atomic E-state index is 0.190. The Balaban J connectivity index is 1.61. The molecule has 1 unspecified atom stereocenters. The van der Waals surface area contributed by atoms with Crippen LogP contribution in [0.15, 0.2) is 28.2 Å². The van der Waals surface area contributed by atoms with Crippen molar-refractivity contribution in [1.82, 2.24) is 15.5 Å². The fourth-order valence-electron chi connectivity index (χ4n) is 4.67. The van der Waals surface area contributed by atoms with Crippen molar-refractivity contribution in [1.29, 1.82) is 0 Å². The number of nitrogens with one attached hydrogen (secondary N) is 3. The molecule has 0 spiro atoms. The zero-order chi connectivity index (χ0) is 23.5. The standard InChI is InChI=1S/C24H40FN7O/c1-3-32-13-7-10-20(32)16-27-17-29-24(30-19-11-12-22(33-2)21(25)14-19)31-23(26)28-15-18-8-5-4-6-9-18/h11-12,14,18,20,27H,3-10,13,15-17H2,1-2H3,(H4,26,28,29,30,31). The average Bonchev–Trinajstić information content (AvgIpc) is 3.29. The van der Waals surface area contributed by atoms with Crippen molar-refractivity contribution in [2.75, 3.05) is 45.3 Å². The van der Waals surface area contributed by atoms with Crippen LogP contribution in [0.5, 0.6) is 5.75 Å². The number of hydrogen-bond donors (Lipinski definition) is 4. The normalized spacial score (nSPS) is 20.8. The van der Waals surface area contributed by atoms with E-state index in [9.17, 15) is 4.39 Å². The Hall–Kier alpha value is -2.39. The van der Waals surface area contributed by atoms with Crippen molar-refractivity contribution in [3.05, 3.63) is 24.0 Å². The Labute approximate surface area is 197 Å². The van der Waals surface area contributed by atoms with E-state index in [2.05, 4.69) is 37.8 Å². The van der Waals surface area contributed by atoms with E-state index < -0.39 is 5.82 Å². The predicted molar refractivity (Wildman–Crippen MR) is 133 cm³/mol. The highest BCUT2D eigenvalue weighted by molar-refractivity contribution is 6.01. The van der Waals surface area contributed by atoms with E-state index in [-0.39, 0.29) is 5.75 Å². The summed E-state index contributed by atoms with van der Waals surface area (Å²) in [5.74, 6) is 1.02. The molecule has 9 heteroatoms. The highest BCUT2D eigenvalue weighted by Gasteiger charge is 2.22. The molecule has 3 rings (SSSR count). The smallest absolute Gasteiger partial charge is 0.227 e. The van der Waals surface area contributed by atoms with Crippen LogP contribution < -0.4 is 26.4 Å². The van der Waals surface area contributed by atoms with Crippen LogP contribution >= 0.6 is 0 Å². The topological polar surface area (TPSA) is 99.3 Å². The maximum Gasteiger partial charge on any atom is 0.227 e. The zero-order valence-corrected chi connectivity index (χ0v) is 20.1. The number of ether oxygens (including phenoxy) is 1. The van der Waals surface area contributed by atoms with Gasteiger partial charge >= 0.3 is 0 Å². The number of halogens is 1. The summed E-state index contributed by atoms with van der Waals surface area (Å²) in [5.41, 5.74) is 6.69. The number of nitrogens with zero attached hydrogens (tertiary/aromatic N) is 3. The second-order valence-electron chi connectivity index (χ2n) is 8.87. The van der Waals surface area contributed by atoms with Gasteiger partial charge in [0.1, 0.15) is 0 Å². The first-order chi connectivity index (χ1) is 16.1. The minimum Gasteiger partial charge on any atom is -0.494 e. The lowest BCUT2D eigenvalue weighted by atomic mass is 9.89. The Morgan fingerprint density at radius 3 is 2.73 bits per heavy atom. The molecule has 1 aliphatic heterocycles. The monoisotopic (exact) mass is 461 g/mol. The van der Waals surface area contributed by atoms with Crippen LogP contribution in [0.25, 0.3) is 0 Å². The number of likely N-dealkylation sites (N-methyl/N-ethyl adjacent to an activating group) is 1. The predicted octanol–water partition coefficient (Wildman–Crippen LogP) is 3.12. The molecule has 1 aromatic carbocycles. The first-order valence-electron chi connectivity index (χ1n) is 12.3. The van der Waals surface area contributed by atoms with Crippen LogP contribution in [0.2, 0.25) is 0 Å². The summed E-state index contributed by atoms with van der Waals surface area (Å²) in [6, 6.07) is 5.20. The third-order valence-electron chi connectivity index (χ3n) is 6.56. The molecule has 1 saturated heterocycles. The first-order valence-corrected chi connectivity index (χ1v) is 12.3. The third kappa shape index (κ3) is 8.16. The van der Waals surface area contributed by atoms with Gasteiger partial charge in [-0.05, 0) is 56.8 Å². The number of rotatable bonds is 9. The van der Waals surface area contributed by atoms with Gasteiger partial charge < -0.3 is 21.1 Å². The Morgan fingerprint density at radius 1 is 1.18 bits per heavy atom. The van der Waals surface area contributed by atoms with Gasteiger partial charge in [0.05, 0.1) is 13.8 Å². The molecule has 2 fully saturated rings. The molecule has 184 valence electrons. The summed E-state index contributed by atoms with van der Waals surface area (Å²) in [6.45, 7) is 6.51. The third-order valence-corrected chi connectivity index (χ3v) is 6.56. The molecule has 0 amide bonds. The second kappa shape index (κ2) is 13.3. The molecule has 1 aliphatic carbocycles. The van der Waals surface area contributed by atoms with Crippen molar-refractivity contribution in [3.63, 3.8) is 0 Å². The number of aliphatic imine (C=N–C) groups is 2. The van der Waals surface area contributed by atoms with E-state index in [0.29, 0.717) is 36.2 Å². The number of hydrogen-bond acceptors (Lipinski definition) is 4. The number of methoxy groups -OCH3 is 1. The van der Waals surface area contributed by atoms with Gasteiger partial charge in [0.25, 0.3) is 0 Å². The molecular weight excluding hydrogens is 421 g/mol. The number of anilines is 1. The zero-order valence-electron chi connectivity index (χ0n) is 20.1. The van der Waals surface area contributed by atoms with Gasteiger partial charge in [-0.15, -0.1) is 0 Å². The van der Waals surface area contributed by atoms with E-state index >= 15 is 0 Å². The number of benzene rings is 1. The van der Waals surface area contributed by atoms with Gasteiger partial charge in [0.15, 0.2) is 17.5 Å². The number of guanidine groups is 2. The van der Waals surface area contributed by atoms with E-state index in [1.807, 2.05) is 0 Å². The molecule has 33 heavy (non-hydrogen) atoms. The van der Waals surface area contributed by atoms with Gasteiger partial charge in [-0.3, -0.25) is 10.2 Å². The van der Waals surface area contributed by atoms with E-state index in [1.165, 1.54) is 58.1 Å². The molecule has 0 aromatic heterocycles. The summed E-state index contributed by atoms with van der Waals surface area (Å²) in [5, 5.41) is 9.72. The largest absolute Gasteiger partial charge is 0.494 e. The van der Waals surface area contributed by atoms with Crippen LogP contribution in [0, 0.1) is 11.7 Å². The number of likely N-dealkylation sites (tertiary alicyclic amines) is 1. The summed E-state index contributed by atoms with van der Waals surface area (Å²) >= 11 is 0. The molecule has 1 atom stereocenters. The fraction of sp³-hybridized carbons (Fsp3) is 0.667. The van der Waals surface area contributed by atoms with E-state index in [1.54, 1.807) is 12.1 Å². The van der Waals surface area contributed by atoms with Crippen molar-refractivity contribution in [2.24, 2.45) is 21.6 Å². The Bertz CT molecular complexity index is 795. The minimum atomic E-state index is -0.451. The first kappa shape index (κ1) is 25.2. The van der Waals surface area contributed by atoms with Crippen molar-refractivity contribution in [3.8, 4) is 5.75 Å². The lowest BCUT2D eigenvalue weighted by Crippen LogP contribution is -2.38. The van der Waals surface area contributed by atoms with Crippen LogP contribution in [-0.2, 0) is 0 Å². The SMILES string of the molecule is CCN1CCCC1CNC/N=C(\N=C(/N)NCC1CCCCC1)Nc1ccc(OC)c(F)c1. The van der Waals surface area contributed by atoms with Crippen LogP contribution in [0.3, 0.4) is 0 Å². The highest BCUT2D eigenvalue weighted by Crippen LogP contribution is 2.23. The molecule has 8 nitrogen and oxygen atoms in total. The maximum atomic E-state index is 14.1. The fourth-order valence-corrected chi connectivity index (χ4v) is 4.67. The van der Waals surface area contributed by atoms with Crippen molar-refractivity contribution < 1.29 is 9.13 Å². The van der Waals surface area contributed by atoms with E-state index in [0.717, 1.165) is 26.2 Å².